The van der Waals surface area contributed by atoms with Crippen LogP contribution >= 0.6 is 0 Å². The van der Waals surface area contributed by atoms with Gasteiger partial charge in [0, 0.05) is 11.5 Å². The molecule has 0 bridgehead atoms. The highest BCUT2D eigenvalue weighted by atomic mass is 32.2. The summed E-state index contributed by atoms with van der Waals surface area (Å²) in [4.78, 5) is 12.6. The largest absolute Gasteiger partial charge is 0.288 e. The van der Waals surface area contributed by atoms with Crippen molar-refractivity contribution in [2.24, 2.45) is 0 Å². The summed E-state index contributed by atoms with van der Waals surface area (Å²) in [5, 5.41) is 0.300. The van der Waals surface area contributed by atoms with Crippen LogP contribution in [-0.2, 0) is 10.9 Å². The first kappa shape index (κ1) is 11.3. The van der Waals surface area contributed by atoms with E-state index in [1.54, 1.807) is 0 Å². The van der Waals surface area contributed by atoms with Crippen molar-refractivity contribution in [2.75, 3.05) is 11.5 Å². The van der Waals surface area contributed by atoms with Crippen molar-refractivity contribution in [1.82, 2.24) is 0 Å². The molecular formula is C15H19OS+. The van der Waals surface area contributed by atoms with Crippen LogP contribution in [0.4, 0.5) is 0 Å². The third-order valence-corrected chi connectivity index (χ3v) is 7.07. The van der Waals surface area contributed by atoms with Gasteiger partial charge in [-0.05, 0) is 42.3 Å². The maximum Gasteiger partial charge on any atom is 0.215 e. The Morgan fingerprint density at radius 2 is 1.94 bits per heavy atom. The van der Waals surface area contributed by atoms with Gasteiger partial charge in [0.2, 0.25) is 5.78 Å². The van der Waals surface area contributed by atoms with Crippen LogP contribution in [0, 0.1) is 6.92 Å². The fourth-order valence-electron chi connectivity index (χ4n) is 3.19. The molecule has 0 amide bonds. The molecule has 0 spiro atoms. The van der Waals surface area contributed by atoms with E-state index in [2.05, 4.69) is 32.0 Å². The average molecular weight is 247 g/mol. The van der Waals surface area contributed by atoms with Crippen molar-refractivity contribution in [3.05, 3.63) is 34.9 Å². The predicted molar refractivity (Wildman–Crippen MR) is 74.0 cm³/mol. The van der Waals surface area contributed by atoms with Gasteiger partial charge in [-0.25, -0.2) is 0 Å². The molecule has 3 rings (SSSR count). The SMILES string of the molecule is Cc1ccc2c(c1)C(=O)C([S+]1CCCC1)C2C. The number of Topliss-reactive ketones (excluding diaryl/α,β-unsaturated/α-hetero) is 1. The molecule has 1 saturated heterocycles. The minimum Gasteiger partial charge on any atom is -0.288 e. The first-order chi connectivity index (χ1) is 8.18. The Hall–Kier alpha value is -0.760. The third-order valence-electron chi connectivity index (χ3n) is 4.10. The van der Waals surface area contributed by atoms with Gasteiger partial charge in [0.1, 0.15) is 11.5 Å². The lowest BCUT2D eigenvalue weighted by Gasteiger charge is -2.13. The lowest BCUT2D eigenvalue weighted by Crippen LogP contribution is -2.31. The Bertz CT molecular complexity index is 460. The molecule has 0 radical (unpaired) electrons. The van der Waals surface area contributed by atoms with Crippen molar-refractivity contribution in [3.8, 4) is 0 Å². The summed E-state index contributed by atoms with van der Waals surface area (Å²) in [6.45, 7) is 4.32. The lowest BCUT2D eigenvalue weighted by molar-refractivity contribution is 0.0995. The van der Waals surface area contributed by atoms with Crippen molar-refractivity contribution in [1.29, 1.82) is 0 Å². The second kappa shape index (κ2) is 4.16. The quantitative estimate of drug-likeness (QED) is 0.697. The fourth-order valence-corrected chi connectivity index (χ4v) is 6.21. The molecule has 90 valence electrons. The van der Waals surface area contributed by atoms with Gasteiger partial charge in [-0.2, -0.15) is 0 Å². The number of fused-ring (bicyclic) bond motifs is 1. The lowest BCUT2D eigenvalue weighted by atomic mass is 10.0. The van der Waals surface area contributed by atoms with E-state index >= 15 is 0 Å². The number of carbonyl (C=O) groups excluding carboxylic acids is 1. The molecule has 2 aliphatic rings. The van der Waals surface area contributed by atoms with E-state index in [-0.39, 0.29) is 0 Å². The van der Waals surface area contributed by atoms with Gasteiger partial charge >= 0.3 is 0 Å². The molecule has 1 nitrogen and oxygen atoms in total. The summed E-state index contributed by atoms with van der Waals surface area (Å²) in [5.74, 6) is 3.45. The van der Waals surface area contributed by atoms with Crippen LogP contribution in [0.15, 0.2) is 18.2 Å². The third kappa shape index (κ3) is 1.74. The molecule has 1 aromatic carbocycles. The summed E-state index contributed by atoms with van der Waals surface area (Å²) in [5.41, 5.74) is 3.52. The maximum absolute atomic E-state index is 12.6. The highest BCUT2D eigenvalue weighted by molar-refractivity contribution is 7.98. The van der Waals surface area contributed by atoms with E-state index in [1.165, 1.54) is 35.5 Å². The van der Waals surface area contributed by atoms with Crippen LogP contribution in [0.3, 0.4) is 0 Å². The Morgan fingerprint density at radius 1 is 1.24 bits per heavy atom. The van der Waals surface area contributed by atoms with Gasteiger partial charge in [-0.3, -0.25) is 4.79 Å². The van der Waals surface area contributed by atoms with E-state index in [9.17, 15) is 4.79 Å². The number of aryl methyl sites for hydroxylation is 1. The van der Waals surface area contributed by atoms with Gasteiger partial charge in [0.05, 0.1) is 0 Å². The van der Waals surface area contributed by atoms with Crippen molar-refractivity contribution >= 4 is 16.7 Å². The summed E-state index contributed by atoms with van der Waals surface area (Å²) >= 11 is 0. The highest BCUT2D eigenvalue weighted by Gasteiger charge is 2.49. The van der Waals surface area contributed by atoms with E-state index in [4.69, 9.17) is 0 Å². The van der Waals surface area contributed by atoms with Crippen LogP contribution in [0.5, 0.6) is 0 Å². The van der Waals surface area contributed by atoms with E-state index < -0.39 is 0 Å². The summed E-state index contributed by atoms with van der Waals surface area (Å²) in [7, 11) is 0.355. The van der Waals surface area contributed by atoms with Crippen LogP contribution in [0.1, 0.15) is 47.2 Å². The van der Waals surface area contributed by atoms with Crippen LogP contribution < -0.4 is 0 Å². The molecule has 2 unspecified atom stereocenters. The molecule has 2 atom stereocenters. The molecular weight excluding hydrogens is 228 g/mol. The van der Waals surface area contributed by atoms with Crippen molar-refractivity contribution in [2.45, 2.75) is 37.9 Å². The molecule has 17 heavy (non-hydrogen) atoms. The predicted octanol–water partition coefficient (Wildman–Crippen LogP) is 3.08. The normalized spacial score (nSPS) is 28.7. The topological polar surface area (TPSA) is 17.1 Å². The van der Waals surface area contributed by atoms with Gasteiger partial charge in [0.15, 0.2) is 5.25 Å². The van der Waals surface area contributed by atoms with Crippen LogP contribution in [0.2, 0.25) is 0 Å². The number of carbonyl (C=O) groups is 1. The van der Waals surface area contributed by atoms with Gasteiger partial charge in [0.25, 0.3) is 0 Å². The molecule has 1 aromatic rings. The Kier molecular flexibility index (Phi) is 2.78. The minimum absolute atomic E-state index is 0.300. The summed E-state index contributed by atoms with van der Waals surface area (Å²) in [6, 6.07) is 6.41. The van der Waals surface area contributed by atoms with Crippen LogP contribution in [0.25, 0.3) is 0 Å². The second-order valence-electron chi connectivity index (χ2n) is 5.32. The molecule has 0 N–H and O–H groups in total. The Balaban J connectivity index is 1.99. The maximum atomic E-state index is 12.6. The molecule has 1 fully saturated rings. The number of hydrogen-bond donors (Lipinski definition) is 0. The molecule has 1 aliphatic carbocycles. The highest BCUT2D eigenvalue weighted by Crippen LogP contribution is 2.40. The molecule has 1 heterocycles. The monoisotopic (exact) mass is 247 g/mol. The number of hydrogen-bond acceptors (Lipinski definition) is 1. The number of rotatable bonds is 1. The average Bonchev–Trinajstić information content (AvgIpc) is 2.88. The zero-order valence-electron chi connectivity index (χ0n) is 10.5. The van der Waals surface area contributed by atoms with E-state index in [1.807, 2.05) is 0 Å². The molecule has 0 saturated carbocycles. The zero-order chi connectivity index (χ0) is 12.0. The van der Waals surface area contributed by atoms with Gasteiger partial charge in [-0.15, -0.1) is 0 Å². The smallest absolute Gasteiger partial charge is 0.215 e. The van der Waals surface area contributed by atoms with E-state index in [0.29, 0.717) is 27.8 Å². The van der Waals surface area contributed by atoms with E-state index in [0.717, 1.165) is 5.56 Å². The van der Waals surface area contributed by atoms with Crippen LogP contribution in [-0.4, -0.2) is 22.5 Å². The van der Waals surface area contributed by atoms with Crippen molar-refractivity contribution in [3.63, 3.8) is 0 Å². The minimum atomic E-state index is 0.300. The molecule has 0 aromatic heterocycles. The fraction of sp³-hybridized carbons (Fsp3) is 0.533. The molecule has 2 heteroatoms. The van der Waals surface area contributed by atoms with Crippen molar-refractivity contribution < 1.29 is 4.79 Å². The zero-order valence-corrected chi connectivity index (χ0v) is 11.3. The standard InChI is InChI=1S/C15H19OS/c1-10-5-6-12-11(2)15(14(16)13(12)9-10)17-7-3-4-8-17/h5-6,9,11,15H,3-4,7-8H2,1-2H3/q+1. The Labute approximate surface area is 106 Å². The number of ketones is 1. The van der Waals surface area contributed by atoms with Gasteiger partial charge in [-0.1, -0.05) is 24.6 Å². The first-order valence-electron chi connectivity index (χ1n) is 6.49. The number of benzene rings is 1. The second-order valence-corrected chi connectivity index (χ2v) is 7.72. The Morgan fingerprint density at radius 3 is 2.65 bits per heavy atom. The summed E-state index contributed by atoms with van der Waals surface area (Å²) < 4.78 is 0. The van der Waals surface area contributed by atoms with Gasteiger partial charge < -0.3 is 0 Å². The first-order valence-corrected chi connectivity index (χ1v) is 8.12. The molecule has 1 aliphatic heterocycles. The summed E-state index contributed by atoms with van der Waals surface area (Å²) in [6.07, 6.45) is 2.66.